The Hall–Kier alpha value is -0.610. The third-order valence-electron chi connectivity index (χ3n) is 3.45. The van der Waals surface area contributed by atoms with Crippen LogP contribution in [0.5, 0.6) is 0 Å². The van der Waals surface area contributed by atoms with Gasteiger partial charge in [-0.25, -0.2) is 0 Å². The van der Waals surface area contributed by atoms with E-state index < -0.39 is 0 Å². The van der Waals surface area contributed by atoms with Gasteiger partial charge in [-0.3, -0.25) is 4.79 Å². The highest BCUT2D eigenvalue weighted by molar-refractivity contribution is 5.80. The lowest BCUT2D eigenvalue weighted by Gasteiger charge is -2.30. The summed E-state index contributed by atoms with van der Waals surface area (Å²) in [5.74, 6) is -0.145. The van der Waals surface area contributed by atoms with Gasteiger partial charge in [-0.15, -0.1) is 0 Å². The first-order valence-electron chi connectivity index (χ1n) is 5.67. The zero-order chi connectivity index (χ0) is 11.5. The van der Waals surface area contributed by atoms with E-state index in [-0.39, 0.29) is 23.4 Å². The Kier molecular flexibility index (Phi) is 4.11. The van der Waals surface area contributed by atoms with Gasteiger partial charge in [0.25, 0.3) is 0 Å². The highest BCUT2D eigenvalue weighted by atomic mass is 16.5. The van der Waals surface area contributed by atoms with Crippen LogP contribution in [-0.2, 0) is 9.53 Å². The SMILES string of the molecule is CCC(C)(CC)NC(=O)C1COCC1N. The molecule has 2 unspecified atom stereocenters. The predicted molar refractivity (Wildman–Crippen MR) is 59.4 cm³/mol. The van der Waals surface area contributed by atoms with Crippen LogP contribution in [0.15, 0.2) is 0 Å². The maximum atomic E-state index is 11.9. The smallest absolute Gasteiger partial charge is 0.227 e. The van der Waals surface area contributed by atoms with E-state index in [1.807, 2.05) is 0 Å². The fourth-order valence-corrected chi connectivity index (χ4v) is 1.66. The summed E-state index contributed by atoms with van der Waals surface area (Å²) >= 11 is 0. The fraction of sp³-hybridized carbons (Fsp3) is 0.909. The summed E-state index contributed by atoms with van der Waals surface area (Å²) in [7, 11) is 0. The lowest BCUT2D eigenvalue weighted by Crippen LogP contribution is -2.50. The summed E-state index contributed by atoms with van der Waals surface area (Å²) in [4.78, 5) is 11.9. The number of carbonyl (C=O) groups is 1. The molecule has 15 heavy (non-hydrogen) atoms. The molecule has 2 atom stereocenters. The number of hydrogen-bond donors (Lipinski definition) is 2. The Morgan fingerprint density at radius 2 is 2.07 bits per heavy atom. The van der Waals surface area contributed by atoms with Gasteiger partial charge >= 0.3 is 0 Å². The molecule has 3 N–H and O–H groups in total. The van der Waals surface area contributed by atoms with Gasteiger partial charge in [0.15, 0.2) is 0 Å². The van der Waals surface area contributed by atoms with Crippen molar-refractivity contribution in [3.63, 3.8) is 0 Å². The van der Waals surface area contributed by atoms with Crippen molar-refractivity contribution in [1.82, 2.24) is 5.32 Å². The van der Waals surface area contributed by atoms with Crippen molar-refractivity contribution in [2.75, 3.05) is 13.2 Å². The van der Waals surface area contributed by atoms with Crippen LogP contribution in [0.25, 0.3) is 0 Å². The van der Waals surface area contributed by atoms with Crippen LogP contribution in [-0.4, -0.2) is 30.7 Å². The normalized spacial score (nSPS) is 26.7. The molecule has 0 saturated carbocycles. The molecular formula is C11H22N2O2. The largest absolute Gasteiger partial charge is 0.379 e. The number of rotatable bonds is 4. The Labute approximate surface area is 91.5 Å². The predicted octanol–water partition coefficient (Wildman–Crippen LogP) is 0.655. The van der Waals surface area contributed by atoms with Gasteiger partial charge < -0.3 is 15.8 Å². The van der Waals surface area contributed by atoms with Gasteiger partial charge in [0.2, 0.25) is 5.91 Å². The van der Waals surface area contributed by atoms with Crippen LogP contribution in [0, 0.1) is 5.92 Å². The molecule has 0 bridgehead atoms. The Morgan fingerprint density at radius 1 is 1.47 bits per heavy atom. The number of amides is 1. The fourth-order valence-electron chi connectivity index (χ4n) is 1.66. The quantitative estimate of drug-likeness (QED) is 0.722. The van der Waals surface area contributed by atoms with Crippen LogP contribution < -0.4 is 11.1 Å². The van der Waals surface area contributed by atoms with Crippen LogP contribution in [0.2, 0.25) is 0 Å². The molecule has 1 rings (SSSR count). The molecule has 1 aliphatic rings. The number of hydrogen-bond acceptors (Lipinski definition) is 3. The van der Waals surface area contributed by atoms with E-state index in [9.17, 15) is 4.79 Å². The van der Waals surface area contributed by atoms with Crippen molar-refractivity contribution in [2.45, 2.75) is 45.2 Å². The van der Waals surface area contributed by atoms with Crippen LogP contribution in [0.3, 0.4) is 0 Å². The monoisotopic (exact) mass is 214 g/mol. The van der Waals surface area contributed by atoms with Gasteiger partial charge in [0.1, 0.15) is 0 Å². The van der Waals surface area contributed by atoms with Crippen molar-refractivity contribution in [2.24, 2.45) is 11.7 Å². The molecule has 0 aromatic heterocycles. The molecule has 1 aliphatic heterocycles. The second-order valence-electron chi connectivity index (χ2n) is 4.56. The maximum Gasteiger partial charge on any atom is 0.227 e. The third kappa shape index (κ3) is 2.92. The minimum Gasteiger partial charge on any atom is -0.379 e. The summed E-state index contributed by atoms with van der Waals surface area (Å²) in [6.07, 6.45) is 1.86. The van der Waals surface area contributed by atoms with Crippen molar-refractivity contribution >= 4 is 5.91 Å². The molecule has 1 amide bonds. The van der Waals surface area contributed by atoms with Crippen molar-refractivity contribution < 1.29 is 9.53 Å². The standard InChI is InChI=1S/C11H22N2O2/c1-4-11(3,5-2)13-10(14)8-6-15-7-9(8)12/h8-9H,4-7,12H2,1-3H3,(H,13,14). The van der Waals surface area contributed by atoms with E-state index in [0.717, 1.165) is 12.8 Å². The van der Waals surface area contributed by atoms with Crippen molar-refractivity contribution in [3.8, 4) is 0 Å². The van der Waals surface area contributed by atoms with E-state index in [2.05, 4.69) is 26.1 Å². The Bertz CT molecular complexity index is 227. The summed E-state index contributed by atoms with van der Waals surface area (Å²) in [5, 5.41) is 3.07. The highest BCUT2D eigenvalue weighted by Gasteiger charge is 2.34. The lowest BCUT2D eigenvalue weighted by atomic mass is 9.93. The van der Waals surface area contributed by atoms with E-state index >= 15 is 0 Å². The molecule has 0 spiro atoms. The Morgan fingerprint density at radius 3 is 2.47 bits per heavy atom. The molecule has 88 valence electrons. The number of ether oxygens (including phenoxy) is 1. The highest BCUT2D eigenvalue weighted by Crippen LogP contribution is 2.17. The lowest BCUT2D eigenvalue weighted by molar-refractivity contribution is -0.127. The number of carbonyl (C=O) groups excluding carboxylic acids is 1. The van der Waals surface area contributed by atoms with Gasteiger partial charge in [-0.05, 0) is 19.8 Å². The molecule has 1 heterocycles. The van der Waals surface area contributed by atoms with E-state index in [4.69, 9.17) is 10.5 Å². The third-order valence-corrected chi connectivity index (χ3v) is 3.45. The van der Waals surface area contributed by atoms with E-state index in [1.165, 1.54) is 0 Å². The molecule has 0 aliphatic carbocycles. The van der Waals surface area contributed by atoms with Gasteiger partial charge in [-0.2, -0.15) is 0 Å². The van der Waals surface area contributed by atoms with Crippen molar-refractivity contribution in [1.29, 1.82) is 0 Å². The second kappa shape index (κ2) is 4.94. The van der Waals surface area contributed by atoms with Gasteiger partial charge in [-0.1, -0.05) is 13.8 Å². The molecule has 1 saturated heterocycles. The minimum atomic E-state index is -0.178. The molecule has 1 fully saturated rings. The average molecular weight is 214 g/mol. The molecule has 0 radical (unpaired) electrons. The van der Waals surface area contributed by atoms with Crippen LogP contribution in [0.4, 0.5) is 0 Å². The zero-order valence-corrected chi connectivity index (χ0v) is 9.88. The first-order chi connectivity index (χ1) is 7.02. The van der Waals surface area contributed by atoms with Gasteiger partial charge in [0, 0.05) is 11.6 Å². The zero-order valence-electron chi connectivity index (χ0n) is 9.88. The van der Waals surface area contributed by atoms with Crippen LogP contribution in [0.1, 0.15) is 33.6 Å². The summed E-state index contributed by atoms with van der Waals surface area (Å²) in [6, 6.07) is -0.150. The average Bonchev–Trinajstić information content (AvgIpc) is 2.64. The summed E-state index contributed by atoms with van der Waals surface area (Å²) < 4.78 is 5.19. The molecular weight excluding hydrogens is 192 g/mol. The van der Waals surface area contributed by atoms with Gasteiger partial charge in [0.05, 0.1) is 19.1 Å². The summed E-state index contributed by atoms with van der Waals surface area (Å²) in [6.45, 7) is 7.17. The topological polar surface area (TPSA) is 64.3 Å². The van der Waals surface area contributed by atoms with Crippen molar-refractivity contribution in [3.05, 3.63) is 0 Å². The second-order valence-corrected chi connectivity index (χ2v) is 4.56. The first kappa shape index (κ1) is 12.5. The number of nitrogens with one attached hydrogen (secondary N) is 1. The summed E-state index contributed by atoms with van der Waals surface area (Å²) in [5.41, 5.74) is 5.68. The Balaban J connectivity index is 2.54. The van der Waals surface area contributed by atoms with E-state index in [0.29, 0.717) is 13.2 Å². The number of nitrogens with two attached hydrogens (primary N) is 1. The first-order valence-corrected chi connectivity index (χ1v) is 5.67. The molecule has 4 heteroatoms. The molecule has 0 aromatic carbocycles. The maximum absolute atomic E-state index is 11.9. The minimum absolute atomic E-state index is 0.0335. The molecule has 0 aromatic rings. The van der Waals surface area contributed by atoms with Crippen LogP contribution >= 0.6 is 0 Å². The van der Waals surface area contributed by atoms with E-state index in [1.54, 1.807) is 0 Å². The molecule has 4 nitrogen and oxygen atoms in total.